The van der Waals surface area contributed by atoms with Gasteiger partial charge in [-0.25, -0.2) is 9.59 Å². The lowest BCUT2D eigenvalue weighted by Crippen LogP contribution is -2.67. The largest absolute Gasteiger partial charge is 0.447 e. The number of alkyl carbamates (subject to hydrolysis) is 2. The summed E-state index contributed by atoms with van der Waals surface area (Å²) in [5.41, 5.74) is 10.8. The monoisotopic (exact) mass is 820 g/mol. The van der Waals surface area contributed by atoms with Crippen LogP contribution in [-0.4, -0.2) is 222 Å². The number of ether oxygens (including phenoxy) is 9. The highest BCUT2D eigenvalue weighted by Crippen LogP contribution is 2.34. The summed E-state index contributed by atoms with van der Waals surface area (Å²) in [5, 5.41) is 100. The number of rotatable bonds is 21. The summed E-state index contributed by atoms with van der Waals surface area (Å²) < 4.78 is 50.7. The van der Waals surface area contributed by atoms with Crippen molar-refractivity contribution in [2.75, 3.05) is 59.2 Å². The molecule has 3 rings (SSSR count). The molecule has 0 aromatic carbocycles. The molecule has 24 nitrogen and oxygen atoms in total. The molecule has 3 saturated heterocycles. The van der Waals surface area contributed by atoms with E-state index >= 15 is 0 Å². The third kappa shape index (κ3) is 12.9. The molecule has 3 aliphatic rings. The summed E-state index contributed by atoms with van der Waals surface area (Å²) in [7, 11) is 0. The van der Waals surface area contributed by atoms with Gasteiger partial charge in [-0.15, -0.1) is 0 Å². The van der Waals surface area contributed by atoms with Crippen LogP contribution < -0.4 is 22.1 Å². The third-order valence-electron chi connectivity index (χ3n) is 9.27. The van der Waals surface area contributed by atoms with Crippen molar-refractivity contribution in [1.29, 1.82) is 0 Å². The fourth-order valence-electron chi connectivity index (χ4n) is 5.97. The zero-order valence-electron chi connectivity index (χ0n) is 31.3. The van der Waals surface area contributed by atoms with Crippen molar-refractivity contribution in [2.24, 2.45) is 11.5 Å². The van der Waals surface area contributed by atoms with E-state index in [-0.39, 0.29) is 39.4 Å². The zero-order valence-corrected chi connectivity index (χ0v) is 31.3. The first-order valence-corrected chi connectivity index (χ1v) is 18.5. The van der Waals surface area contributed by atoms with Gasteiger partial charge in [-0.05, 0) is 12.8 Å². The molecule has 0 aliphatic carbocycles. The molecule has 0 spiro atoms. The first-order valence-electron chi connectivity index (χ1n) is 18.5. The molecule has 0 radical (unpaired) electrons. The van der Waals surface area contributed by atoms with Crippen LogP contribution in [0.3, 0.4) is 0 Å². The van der Waals surface area contributed by atoms with Gasteiger partial charge in [0.1, 0.15) is 73.8 Å². The first-order chi connectivity index (χ1) is 26.8. The first kappa shape index (κ1) is 48.2. The highest BCUT2D eigenvalue weighted by Gasteiger charge is 2.55. The van der Waals surface area contributed by atoms with E-state index in [1.165, 1.54) is 0 Å². The van der Waals surface area contributed by atoms with Gasteiger partial charge in [-0.3, -0.25) is 0 Å². The number of nitrogens with one attached hydrogen (secondary N) is 2. The fraction of sp³-hybridized carbons (Fsp3) is 0.938. The lowest BCUT2D eigenvalue weighted by molar-refractivity contribution is -0.380. The molecule has 0 aromatic heterocycles. The lowest BCUT2D eigenvalue weighted by Gasteiger charge is -2.48. The number of amides is 2. The maximum Gasteiger partial charge on any atom is 0.407 e. The van der Waals surface area contributed by atoms with Crippen LogP contribution >= 0.6 is 0 Å². The Balaban J connectivity index is 1.78. The molecule has 0 saturated carbocycles. The van der Waals surface area contributed by atoms with Crippen LogP contribution in [0.4, 0.5) is 9.59 Å². The van der Waals surface area contributed by atoms with Crippen LogP contribution in [0.25, 0.3) is 0 Å². The molecule has 15 N–H and O–H groups in total. The van der Waals surface area contributed by atoms with E-state index in [1.54, 1.807) is 6.92 Å². The topological polar surface area (TPSA) is 375 Å². The average Bonchev–Trinajstić information content (AvgIpc) is 3.20. The van der Waals surface area contributed by atoms with Gasteiger partial charge in [0.15, 0.2) is 25.0 Å². The van der Waals surface area contributed by atoms with Crippen molar-refractivity contribution in [3.05, 3.63) is 0 Å². The van der Waals surface area contributed by atoms with E-state index in [0.29, 0.717) is 12.8 Å². The summed E-state index contributed by atoms with van der Waals surface area (Å²) >= 11 is 0. The molecule has 3 aliphatic heterocycles. The number of hydrogen-bond donors (Lipinski definition) is 13. The fourth-order valence-corrected chi connectivity index (χ4v) is 5.97. The van der Waals surface area contributed by atoms with E-state index in [1.807, 2.05) is 6.92 Å². The highest BCUT2D eigenvalue weighted by molar-refractivity contribution is 5.67. The summed E-state index contributed by atoms with van der Waals surface area (Å²) in [6, 6.07) is 0. The zero-order chi connectivity index (χ0) is 41.5. The van der Waals surface area contributed by atoms with Crippen molar-refractivity contribution < 1.29 is 98.2 Å². The van der Waals surface area contributed by atoms with E-state index in [0.717, 1.165) is 0 Å². The van der Waals surface area contributed by atoms with Gasteiger partial charge >= 0.3 is 12.2 Å². The molecule has 3 heterocycles. The SMILES string of the molecule is CCC(CO)OCC(CC)O[C@H]1OC(CO)[C@@H](O[C@@H]2OC(CO)[C@@H](O[C@@H]3OC(COC(=O)NCCN)[C@@H](O)[C@H](O)C3O)[C@H](O)C2O)[C@H](OC(=O)NCCN)C1O. The molecule has 17 atom stereocenters. The molecule has 328 valence electrons. The Morgan fingerprint density at radius 3 is 1.75 bits per heavy atom. The molecule has 3 fully saturated rings. The number of aliphatic hydroxyl groups is 9. The quantitative estimate of drug-likeness (QED) is 0.0512. The van der Waals surface area contributed by atoms with Gasteiger partial charge in [0, 0.05) is 26.2 Å². The minimum atomic E-state index is -2.04. The highest BCUT2D eigenvalue weighted by atomic mass is 16.8. The maximum absolute atomic E-state index is 12.7. The third-order valence-corrected chi connectivity index (χ3v) is 9.27. The van der Waals surface area contributed by atoms with Crippen LogP contribution in [0.1, 0.15) is 26.7 Å². The van der Waals surface area contributed by atoms with Gasteiger partial charge in [-0.1, -0.05) is 13.8 Å². The van der Waals surface area contributed by atoms with Gasteiger partial charge in [0.05, 0.1) is 38.6 Å². The standard InChI is InChI=1S/C32H60N4O20/c1-3-14(9-37)48-12-15(4-2)50-30-24(45)27(56-32(47)36-8-6-34)26(17(11-39)52-30)55-29-23(44)21(42)25(16(10-38)51-29)54-28-22(43)20(41)19(40)18(53-28)13-49-31(46)35-7-5-33/h14-30,37-45H,3-13,33-34H2,1-2H3,(H,35,46)(H,36,47)/t14?,15?,16?,17?,18?,19-,20+,21-,22?,23?,24?,25-,26-,27-,28+,29+,30+/m1/s1. The summed E-state index contributed by atoms with van der Waals surface area (Å²) in [4.78, 5) is 24.6. The second-order valence-electron chi connectivity index (χ2n) is 13.3. The van der Waals surface area contributed by atoms with Crippen LogP contribution in [-0.2, 0) is 42.6 Å². The number of carbonyl (C=O) groups excluding carboxylic acids is 2. The Hall–Kier alpha value is -2.18. The number of nitrogens with two attached hydrogens (primary N) is 2. The van der Waals surface area contributed by atoms with Crippen molar-refractivity contribution in [3.63, 3.8) is 0 Å². The Bertz CT molecular complexity index is 1150. The number of carbonyl (C=O) groups is 2. The van der Waals surface area contributed by atoms with Crippen molar-refractivity contribution in [2.45, 2.75) is 131 Å². The summed E-state index contributed by atoms with van der Waals surface area (Å²) in [6.45, 7) is 1.21. The predicted octanol–water partition coefficient (Wildman–Crippen LogP) is -6.60. The van der Waals surface area contributed by atoms with E-state index in [9.17, 15) is 55.5 Å². The van der Waals surface area contributed by atoms with Gasteiger partial charge in [0.25, 0.3) is 0 Å². The molecule has 0 aromatic rings. The predicted molar refractivity (Wildman–Crippen MR) is 184 cm³/mol. The van der Waals surface area contributed by atoms with Crippen LogP contribution in [0.2, 0.25) is 0 Å². The number of aliphatic hydroxyl groups excluding tert-OH is 9. The van der Waals surface area contributed by atoms with Crippen LogP contribution in [0.5, 0.6) is 0 Å². The minimum Gasteiger partial charge on any atom is -0.447 e. The Morgan fingerprint density at radius 1 is 0.643 bits per heavy atom. The maximum atomic E-state index is 12.7. The minimum absolute atomic E-state index is 0.0105. The van der Waals surface area contributed by atoms with E-state index < -0.39 is 136 Å². The second-order valence-corrected chi connectivity index (χ2v) is 13.3. The van der Waals surface area contributed by atoms with E-state index in [4.69, 9.17) is 54.1 Å². The molecule has 2 amide bonds. The number of hydrogen-bond acceptors (Lipinski definition) is 22. The van der Waals surface area contributed by atoms with Gasteiger partial charge < -0.3 is 111 Å². The van der Waals surface area contributed by atoms with Crippen LogP contribution in [0, 0.1) is 0 Å². The second kappa shape index (κ2) is 24.0. The summed E-state index contributed by atoms with van der Waals surface area (Å²) in [5.74, 6) is 0. The molecule has 56 heavy (non-hydrogen) atoms. The van der Waals surface area contributed by atoms with Crippen LogP contribution in [0.15, 0.2) is 0 Å². The lowest BCUT2D eigenvalue weighted by atomic mass is 9.96. The molecular weight excluding hydrogens is 760 g/mol. The Kier molecular flexibility index (Phi) is 20.7. The van der Waals surface area contributed by atoms with Gasteiger partial charge in [0.2, 0.25) is 0 Å². The van der Waals surface area contributed by atoms with E-state index in [2.05, 4.69) is 10.6 Å². The molecule has 8 unspecified atom stereocenters. The average molecular weight is 821 g/mol. The molecule has 24 heteroatoms. The Labute approximate surface area is 322 Å². The van der Waals surface area contributed by atoms with Gasteiger partial charge in [-0.2, -0.15) is 0 Å². The summed E-state index contributed by atoms with van der Waals surface area (Å²) in [6.07, 6.45) is -28.4. The smallest absolute Gasteiger partial charge is 0.407 e. The normalized spacial score (nSPS) is 37.3. The van der Waals surface area contributed by atoms with Crippen molar-refractivity contribution in [3.8, 4) is 0 Å². The Morgan fingerprint density at radius 2 is 1.18 bits per heavy atom. The molecule has 0 bridgehead atoms. The van der Waals surface area contributed by atoms with Crippen molar-refractivity contribution in [1.82, 2.24) is 10.6 Å². The molecular formula is C32H60N4O20. The van der Waals surface area contributed by atoms with Crippen molar-refractivity contribution >= 4 is 12.2 Å².